The van der Waals surface area contributed by atoms with Gasteiger partial charge in [-0.25, -0.2) is 0 Å². The summed E-state index contributed by atoms with van der Waals surface area (Å²) in [6, 6.07) is 90.3. The summed E-state index contributed by atoms with van der Waals surface area (Å²) in [5, 5.41) is 29.1. The zero-order valence-corrected chi connectivity index (χ0v) is 47.3. The first-order valence-corrected chi connectivity index (χ1v) is 29.5. The van der Waals surface area contributed by atoms with Crippen LogP contribution < -0.4 is 20.7 Å². The number of fused-ring (bicyclic) bond motifs is 17. The molecule has 1 aliphatic heterocycles. The monoisotopic (exact) mass is 1070 g/mol. The molecule has 1 aromatic heterocycles. The zero-order valence-electron chi connectivity index (χ0n) is 47.3. The average molecular weight is 1070 g/mol. The molecule has 0 spiro atoms. The molecule has 2 heterocycles. The highest BCUT2D eigenvalue weighted by molar-refractivity contribution is 6.90. The first-order valence-electron chi connectivity index (χ1n) is 29.5. The summed E-state index contributed by atoms with van der Waals surface area (Å²) in [4.78, 5) is 5.09. The third kappa shape index (κ3) is 7.89. The molecule has 4 nitrogen and oxygen atoms in total. The van der Waals surface area contributed by atoms with Crippen LogP contribution in [0.3, 0.4) is 0 Å². The van der Waals surface area contributed by atoms with Gasteiger partial charge in [-0.3, -0.25) is 0 Å². The highest BCUT2D eigenvalue weighted by atomic mass is 16.3. The van der Waals surface area contributed by atoms with Crippen LogP contribution in [0.15, 0.2) is 261 Å². The highest BCUT2D eigenvalue weighted by Crippen LogP contribution is 2.49. The van der Waals surface area contributed by atoms with Crippen LogP contribution in [0.25, 0.3) is 103 Å². The Morgan fingerprint density at radius 2 is 0.964 bits per heavy atom. The molecule has 1 aliphatic rings. The summed E-state index contributed by atoms with van der Waals surface area (Å²) in [5.41, 5.74) is 14.4. The van der Waals surface area contributed by atoms with Crippen molar-refractivity contribution in [3.05, 3.63) is 267 Å². The van der Waals surface area contributed by atoms with E-state index in [1.54, 1.807) is 0 Å². The van der Waals surface area contributed by atoms with Gasteiger partial charge < -0.3 is 19.5 Å². The molecule has 0 saturated heterocycles. The number of rotatable bonds is 11. The second-order valence-corrected chi connectivity index (χ2v) is 22.7. The van der Waals surface area contributed by atoms with E-state index in [1.165, 1.54) is 108 Å². The van der Waals surface area contributed by atoms with Crippen molar-refractivity contribution < 1.29 is 5.11 Å². The van der Waals surface area contributed by atoms with Gasteiger partial charge in [0.1, 0.15) is 5.76 Å². The maximum atomic E-state index is 11.8. The average Bonchev–Trinajstić information content (AvgIpc) is 3.71. The van der Waals surface area contributed by atoms with Gasteiger partial charge in [-0.2, -0.15) is 0 Å². The minimum atomic E-state index is -0.140. The first kappa shape index (κ1) is 50.2. The van der Waals surface area contributed by atoms with Gasteiger partial charge in [0.25, 0.3) is 0 Å². The van der Waals surface area contributed by atoms with Gasteiger partial charge in [-0.15, -0.1) is 0 Å². The van der Waals surface area contributed by atoms with E-state index < -0.39 is 0 Å². The number of hydrogen-bond donors (Lipinski definition) is 1. The van der Waals surface area contributed by atoms with Crippen molar-refractivity contribution in [1.82, 2.24) is 4.57 Å². The Balaban J connectivity index is 1.07. The van der Waals surface area contributed by atoms with E-state index in [0.29, 0.717) is 6.54 Å². The molecule has 1 unspecified atom stereocenters. The van der Waals surface area contributed by atoms with Crippen molar-refractivity contribution in [3.8, 4) is 11.1 Å². The molecule has 0 amide bonds. The third-order valence-corrected chi connectivity index (χ3v) is 18.4. The highest BCUT2D eigenvalue weighted by Gasteiger charge is 2.43. The number of aliphatic hydroxyl groups excluding tert-OH is 1. The smallest absolute Gasteiger partial charge is 0.222 e. The summed E-state index contributed by atoms with van der Waals surface area (Å²) < 4.78 is 2.61. The molecule has 398 valence electrons. The molecule has 0 bridgehead atoms. The SMILES string of the molecule is C=C(O)/C(=C\CC)c1cc(N(CC)c2ccc3c4ccccc4c4ccccc4c3c2)c2c(c1)N(c1ccc3c4ccccc4c4ccccc4c3c1)c1ccc(-c3ccccc3)cc1B2[C@H](C)C(C)n1c2ccccc2c2ccccc21. The number of benzene rings is 13. The van der Waals surface area contributed by atoms with Crippen LogP contribution >= 0.6 is 0 Å². The van der Waals surface area contributed by atoms with Gasteiger partial charge >= 0.3 is 0 Å². The predicted octanol–water partition coefficient (Wildman–Crippen LogP) is 20.4. The number of allylic oxidation sites excluding steroid dienone is 2. The van der Waals surface area contributed by atoms with Crippen molar-refractivity contribution in [3.63, 3.8) is 0 Å². The molecule has 0 radical (unpaired) electrons. The van der Waals surface area contributed by atoms with Crippen LogP contribution in [-0.2, 0) is 0 Å². The topological polar surface area (TPSA) is 31.6 Å². The van der Waals surface area contributed by atoms with Gasteiger partial charge in [0.05, 0.1) is 0 Å². The van der Waals surface area contributed by atoms with Crippen molar-refractivity contribution in [2.24, 2.45) is 0 Å². The number of aliphatic hydroxyl groups is 1. The van der Waals surface area contributed by atoms with E-state index in [9.17, 15) is 5.11 Å². The molecule has 14 aromatic rings. The van der Waals surface area contributed by atoms with Gasteiger partial charge in [0.15, 0.2) is 0 Å². The lowest BCUT2D eigenvalue weighted by Gasteiger charge is -2.43. The molecule has 13 aromatic carbocycles. The van der Waals surface area contributed by atoms with Crippen LogP contribution in [0.4, 0.5) is 28.4 Å². The van der Waals surface area contributed by atoms with E-state index in [-0.39, 0.29) is 24.3 Å². The van der Waals surface area contributed by atoms with E-state index in [0.717, 1.165) is 46.0 Å². The molecule has 0 aliphatic carbocycles. The Kier molecular flexibility index (Phi) is 12.1. The van der Waals surface area contributed by atoms with E-state index in [1.807, 2.05) is 0 Å². The van der Waals surface area contributed by atoms with Crippen molar-refractivity contribution >= 4 is 138 Å². The van der Waals surface area contributed by atoms with Crippen molar-refractivity contribution in [2.75, 3.05) is 16.3 Å². The molecule has 1 N–H and O–H groups in total. The van der Waals surface area contributed by atoms with E-state index in [2.05, 4.69) is 297 Å². The molecule has 0 fully saturated rings. The zero-order chi connectivity index (χ0) is 56.0. The minimum absolute atomic E-state index is 0.0217. The van der Waals surface area contributed by atoms with Gasteiger partial charge in [-0.05, 0) is 173 Å². The summed E-state index contributed by atoms with van der Waals surface area (Å²) in [7, 11) is 0. The standard InChI is InChI=1S/C78H62BN3O/c1-6-23-57(51(5)83)54-45-76(80(7-2)55-39-41-66-62-30-13-11-26-58(62)60-28-15-17-32-64(60)70(66)47-55)78-77(46-54)82(56-40-42-67-63-31-14-12-27-59(63)61-29-16-18-33-65(61)71(67)48-56)75-43-38-53(52-24-9-8-10-25-52)44-72(75)79(78)49(3)50(4)81-73-36-21-19-34-68(73)69-35-20-22-37-74(69)81/h8-50,83H,5-7H2,1-4H3/b57-23+/t49-,50?/m1/s1. The minimum Gasteiger partial charge on any atom is -0.508 e. The van der Waals surface area contributed by atoms with Gasteiger partial charge in [0, 0.05) is 68.4 Å². The second kappa shape index (κ2) is 20.0. The predicted molar refractivity (Wildman–Crippen MR) is 359 cm³/mol. The molecule has 83 heavy (non-hydrogen) atoms. The fraction of sp³-hybridized carbons (Fsp3) is 0.103. The Bertz CT molecular complexity index is 4870. The van der Waals surface area contributed by atoms with Crippen LogP contribution in [0.5, 0.6) is 0 Å². The van der Waals surface area contributed by atoms with Crippen LogP contribution in [0.1, 0.15) is 45.7 Å². The lowest BCUT2D eigenvalue weighted by molar-refractivity contribution is 0.440. The number of para-hydroxylation sites is 2. The summed E-state index contributed by atoms with van der Waals surface area (Å²) in [6.07, 6.45) is 2.85. The number of aromatic nitrogens is 1. The number of nitrogens with zero attached hydrogens (tertiary/aromatic N) is 3. The van der Waals surface area contributed by atoms with Gasteiger partial charge in [-0.1, -0.05) is 215 Å². The van der Waals surface area contributed by atoms with Crippen molar-refractivity contribution in [2.45, 2.75) is 46.0 Å². The van der Waals surface area contributed by atoms with Crippen LogP contribution in [-0.4, -0.2) is 22.9 Å². The van der Waals surface area contributed by atoms with Crippen molar-refractivity contribution in [1.29, 1.82) is 0 Å². The lowest BCUT2D eigenvalue weighted by Crippen LogP contribution is -2.55. The van der Waals surface area contributed by atoms with E-state index >= 15 is 0 Å². The number of anilines is 5. The summed E-state index contributed by atoms with van der Waals surface area (Å²) in [5.74, 6) is 0.0783. The molecule has 5 heteroatoms. The lowest BCUT2D eigenvalue weighted by atomic mass is 9.31. The summed E-state index contributed by atoms with van der Waals surface area (Å²) >= 11 is 0. The maximum absolute atomic E-state index is 11.8. The normalized spacial score (nSPS) is 13.4. The fourth-order valence-electron chi connectivity index (χ4n) is 14.5. The fourth-order valence-corrected chi connectivity index (χ4v) is 14.5. The quantitative estimate of drug-likeness (QED) is 0.0606. The molecule has 0 saturated carbocycles. The Labute approximate surface area is 485 Å². The van der Waals surface area contributed by atoms with E-state index in [4.69, 9.17) is 0 Å². The van der Waals surface area contributed by atoms with Gasteiger partial charge in [0.2, 0.25) is 6.71 Å². The second-order valence-electron chi connectivity index (χ2n) is 22.7. The van der Waals surface area contributed by atoms with Crippen LogP contribution in [0, 0.1) is 0 Å². The molecular weight excluding hydrogens is 1010 g/mol. The molecule has 15 rings (SSSR count). The molecular formula is C78H62BN3O. The Morgan fingerprint density at radius 3 is 1.49 bits per heavy atom. The molecule has 2 atom stereocenters. The third-order valence-electron chi connectivity index (χ3n) is 18.4. The number of hydrogen-bond acceptors (Lipinski definition) is 3. The Morgan fingerprint density at radius 1 is 0.482 bits per heavy atom. The summed E-state index contributed by atoms with van der Waals surface area (Å²) in [6.45, 7) is 14.1. The van der Waals surface area contributed by atoms with Crippen LogP contribution in [0.2, 0.25) is 5.82 Å². The largest absolute Gasteiger partial charge is 0.508 e. The first-order chi connectivity index (χ1) is 40.8. The Hall–Kier alpha value is -9.84. The maximum Gasteiger partial charge on any atom is 0.222 e.